The molecule has 2 nitrogen and oxygen atoms in total. The van der Waals surface area contributed by atoms with Gasteiger partial charge in [0.25, 0.3) is 0 Å². The van der Waals surface area contributed by atoms with Gasteiger partial charge in [0.1, 0.15) is 0 Å². The Kier molecular flexibility index (Phi) is 4.41. The molecule has 1 aromatic carbocycles. The van der Waals surface area contributed by atoms with Crippen molar-refractivity contribution in [2.24, 2.45) is 13.0 Å². The molecular weight excluding hydrogens is 244 g/mol. The lowest BCUT2D eigenvalue weighted by atomic mass is 9.87. The summed E-state index contributed by atoms with van der Waals surface area (Å²) in [7, 11) is 2.13. The molecule has 1 aliphatic rings. The molecular formula is C18H26N2. The van der Waals surface area contributed by atoms with Gasteiger partial charge >= 0.3 is 0 Å². The molecule has 2 heteroatoms. The molecule has 108 valence electrons. The predicted octanol–water partition coefficient (Wildman–Crippen LogP) is 4.24. The molecule has 0 amide bonds. The van der Waals surface area contributed by atoms with Crippen molar-refractivity contribution in [1.29, 1.82) is 0 Å². The lowest BCUT2D eigenvalue weighted by Crippen LogP contribution is -2.19. The summed E-state index contributed by atoms with van der Waals surface area (Å²) in [6, 6.07) is 8.67. The molecule has 1 N–H and O–H groups in total. The normalized spacial score (nSPS) is 16.9. The Labute approximate surface area is 122 Å². The first-order chi connectivity index (χ1) is 9.84. The van der Waals surface area contributed by atoms with Crippen LogP contribution in [0.15, 0.2) is 30.5 Å². The number of fused-ring (bicyclic) bond motifs is 1. The van der Waals surface area contributed by atoms with Gasteiger partial charge in [-0.05, 0) is 30.5 Å². The van der Waals surface area contributed by atoms with Crippen LogP contribution in [0.2, 0.25) is 0 Å². The third-order valence-electron chi connectivity index (χ3n) is 4.75. The molecule has 0 radical (unpaired) electrons. The third-order valence-corrected chi connectivity index (χ3v) is 4.75. The van der Waals surface area contributed by atoms with Crippen molar-refractivity contribution >= 4 is 10.9 Å². The Morgan fingerprint density at radius 2 is 1.95 bits per heavy atom. The second-order valence-electron chi connectivity index (χ2n) is 6.25. The zero-order chi connectivity index (χ0) is 13.8. The van der Waals surface area contributed by atoms with Crippen molar-refractivity contribution in [3.05, 3.63) is 36.0 Å². The van der Waals surface area contributed by atoms with Crippen LogP contribution in [0.4, 0.5) is 0 Å². The van der Waals surface area contributed by atoms with E-state index in [2.05, 4.69) is 47.4 Å². The van der Waals surface area contributed by atoms with Gasteiger partial charge in [-0.1, -0.05) is 50.3 Å². The minimum Gasteiger partial charge on any atom is -0.350 e. The Morgan fingerprint density at radius 3 is 2.80 bits per heavy atom. The van der Waals surface area contributed by atoms with Gasteiger partial charge in [-0.3, -0.25) is 0 Å². The van der Waals surface area contributed by atoms with Crippen LogP contribution in [0.3, 0.4) is 0 Å². The number of hydrogen-bond donors (Lipinski definition) is 1. The Balaban J connectivity index is 1.52. The quantitative estimate of drug-likeness (QED) is 0.804. The van der Waals surface area contributed by atoms with Crippen LogP contribution in [0.25, 0.3) is 10.9 Å². The van der Waals surface area contributed by atoms with E-state index in [1.807, 2.05) is 0 Å². The van der Waals surface area contributed by atoms with Crippen molar-refractivity contribution in [3.8, 4) is 0 Å². The fourth-order valence-electron chi connectivity index (χ4n) is 3.57. The first kappa shape index (κ1) is 13.7. The molecule has 0 atom stereocenters. The summed E-state index contributed by atoms with van der Waals surface area (Å²) in [6.45, 7) is 2.15. The zero-order valence-electron chi connectivity index (χ0n) is 12.6. The van der Waals surface area contributed by atoms with E-state index in [-0.39, 0.29) is 0 Å². The number of rotatable bonds is 5. The van der Waals surface area contributed by atoms with Gasteiger partial charge in [-0.2, -0.15) is 0 Å². The highest BCUT2D eigenvalue weighted by molar-refractivity contribution is 5.83. The molecule has 1 aromatic heterocycles. The number of nitrogens with one attached hydrogen (secondary N) is 1. The molecule has 1 fully saturated rings. The van der Waals surface area contributed by atoms with Crippen LogP contribution in [0.5, 0.6) is 0 Å². The van der Waals surface area contributed by atoms with E-state index in [9.17, 15) is 0 Å². The van der Waals surface area contributed by atoms with E-state index < -0.39 is 0 Å². The van der Waals surface area contributed by atoms with Crippen molar-refractivity contribution in [1.82, 2.24) is 9.88 Å². The predicted molar refractivity (Wildman–Crippen MR) is 85.8 cm³/mol. The number of benzene rings is 1. The Bertz CT molecular complexity index is 550. The average Bonchev–Trinajstić information content (AvgIpc) is 2.82. The maximum Gasteiger partial charge on any atom is 0.0481 e. The lowest BCUT2D eigenvalue weighted by molar-refractivity contribution is 0.334. The van der Waals surface area contributed by atoms with E-state index in [0.717, 1.165) is 19.0 Å². The van der Waals surface area contributed by atoms with Crippen molar-refractivity contribution in [2.45, 2.75) is 45.1 Å². The van der Waals surface area contributed by atoms with Crippen LogP contribution in [0, 0.1) is 5.92 Å². The summed E-state index contributed by atoms with van der Waals surface area (Å²) in [5.74, 6) is 0.976. The summed E-state index contributed by atoms with van der Waals surface area (Å²) in [5, 5.41) is 5.03. The highest BCUT2D eigenvalue weighted by atomic mass is 14.9. The first-order valence-electron chi connectivity index (χ1n) is 8.08. The highest BCUT2D eigenvalue weighted by Gasteiger charge is 2.12. The van der Waals surface area contributed by atoms with Crippen LogP contribution < -0.4 is 5.32 Å². The van der Waals surface area contributed by atoms with Crippen LogP contribution in [-0.2, 0) is 13.6 Å². The Hall–Kier alpha value is -1.28. The van der Waals surface area contributed by atoms with E-state index in [1.165, 1.54) is 55.0 Å². The van der Waals surface area contributed by atoms with Gasteiger partial charge < -0.3 is 9.88 Å². The number of aryl methyl sites for hydroxylation is 1. The maximum absolute atomic E-state index is 3.64. The average molecular weight is 270 g/mol. The standard InChI is InChI=1S/C18H26N2/c1-20-14-16(17-9-5-6-10-18(17)20)13-19-12-11-15-7-3-2-4-8-15/h5-6,9-10,14-15,19H,2-4,7-8,11-13H2,1H3. The molecule has 0 aliphatic heterocycles. The molecule has 2 aromatic rings. The molecule has 0 spiro atoms. The number of nitrogens with zero attached hydrogens (tertiary/aromatic N) is 1. The van der Waals surface area contributed by atoms with Crippen LogP contribution in [0.1, 0.15) is 44.1 Å². The van der Waals surface area contributed by atoms with Gasteiger partial charge in [0.05, 0.1) is 0 Å². The third kappa shape index (κ3) is 3.06. The van der Waals surface area contributed by atoms with E-state index in [4.69, 9.17) is 0 Å². The highest BCUT2D eigenvalue weighted by Crippen LogP contribution is 2.26. The monoisotopic (exact) mass is 270 g/mol. The fraction of sp³-hybridized carbons (Fsp3) is 0.556. The van der Waals surface area contributed by atoms with Crippen LogP contribution in [-0.4, -0.2) is 11.1 Å². The zero-order valence-corrected chi connectivity index (χ0v) is 12.6. The Morgan fingerprint density at radius 1 is 1.15 bits per heavy atom. The minimum absolute atomic E-state index is 0.976. The van der Waals surface area contributed by atoms with Gasteiger partial charge in [0.15, 0.2) is 0 Å². The van der Waals surface area contributed by atoms with Crippen molar-refractivity contribution in [3.63, 3.8) is 0 Å². The number of para-hydroxylation sites is 1. The van der Waals surface area contributed by atoms with Gasteiger partial charge in [0.2, 0.25) is 0 Å². The maximum atomic E-state index is 3.64. The molecule has 1 heterocycles. The van der Waals surface area contributed by atoms with Gasteiger partial charge in [0, 0.05) is 30.7 Å². The summed E-state index contributed by atoms with van der Waals surface area (Å²) >= 11 is 0. The minimum atomic E-state index is 0.976. The van der Waals surface area contributed by atoms with Crippen molar-refractivity contribution in [2.75, 3.05) is 6.54 Å². The van der Waals surface area contributed by atoms with Crippen LogP contribution >= 0.6 is 0 Å². The molecule has 0 bridgehead atoms. The molecule has 20 heavy (non-hydrogen) atoms. The summed E-state index contributed by atoms with van der Waals surface area (Å²) < 4.78 is 2.23. The van der Waals surface area contributed by atoms with Crippen molar-refractivity contribution < 1.29 is 0 Å². The van der Waals surface area contributed by atoms with Gasteiger partial charge in [-0.15, -0.1) is 0 Å². The summed E-state index contributed by atoms with van der Waals surface area (Å²) in [4.78, 5) is 0. The molecule has 1 saturated carbocycles. The van der Waals surface area contributed by atoms with E-state index >= 15 is 0 Å². The van der Waals surface area contributed by atoms with E-state index in [1.54, 1.807) is 0 Å². The SMILES string of the molecule is Cn1cc(CNCCC2CCCCC2)c2ccccc21. The fourth-order valence-corrected chi connectivity index (χ4v) is 3.57. The first-order valence-corrected chi connectivity index (χ1v) is 8.08. The lowest BCUT2D eigenvalue weighted by Gasteiger charge is -2.21. The number of aromatic nitrogens is 1. The molecule has 1 aliphatic carbocycles. The van der Waals surface area contributed by atoms with E-state index in [0.29, 0.717) is 0 Å². The second-order valence-corrected chi connectivity index (χ2v) is 6.25. The number of hydrogen-bond acceptors (Lipinski definition) is 1. The second kappa shape index (κ2) is 6.45. The van der Waals surface area contributed by atoms with Gasteiger partial charge in [-0.25, -0.2) is 0 Å². The molecule has 0 saturated heterocycles. The smallest absolute Gasteiger partial charge is 0.0481 e. The summed E-state index contributed by atoms with van der Waals surface area (Å²) in [6.07, 6.45) is 10.9. The largest absolute Gasteiger partial charge is 0.350 e. The topological polar surface area (TPSA) is 17.0 Å². The molecule has 3 rings (SSSR count). The summed E-state index contributed by atoms with van der Waals surface area (Å²) in [5.41, 5.74) is 2.75. The molecule has 0 unspecified atom stereocenters.